The summed E-state index contributed by atoms with van der Waals surface area (Å²) in [6, 6.07) is 13.9. The predicted octanol–water partition coefficient (Wildman–Crippen LogP) is 2.37. The smallest absolute Gasteiger partial charge is 0.275 e. The van der Waals surface area contributed by atoms with Gasteiger partial charge in [0.05, 0.1) is 26.2 Å². The van der Waals surface area contributed by atoms with E-state index in [1.165, 1.54) is 16.2 Å². The molecule has 27 heavy (non-hydrogen) atoms. The molecule has 3 rings (SSSR count). The number of carbonyl (C=O) groups excluding carboxylic acids is 1. The summed E-state index contributed by atoms with van der Waals surface area (Å²) in [6.07, 6.45) is 0.706. The molecule has 2 aromatic rings. The highest BCUT2D eigenvalue weighted by atomic mass is 35.5. The zero-order valence-electron chi connectivity index (χ0n) is 15.6. The highest BCUT2D eigenvalue weighted by Crippen LogP contribution is 2.21. The van der Waals surface area contributed by atoms with Gasteiger partial charge in [-0.3, -0.25) is 4.79 Å². The van der Waals surface area contributed by atoms with Gasteiger partial charge in [0, 0.05) is 22.3 Å². The van der Waals surface area contributed by atoms with E-state index in [0.717, 1.165) is 31.7 Å². The van der Waals surface area contributed by atoms with Crippen LogP contribution in [0.4, 0.5) is 5.69 Å². The molecule has 1 fully saturated rings. The van der Waals surface area contributed by atoms with Crippen molar-refractivity contribution in [1.29, 1.82) is 0 Å². The molecule has 0 aliphatic carbocycles. The van der Waals surface area contributed by atoms with Crippen LogP contribution >= 0.6 is 23.2 Å². The van der Waals surface area contributed by atoms with Gasteiger partial charge >= 0.3 is 0 Å². The third-order valence-corrected chi connectivity index (χ3v) is 5.66. The Bertz CT molecular complexity index is 789. The van der Waals surface area contributed by atoms with Crippen molar-refractivity contribution in [2.45, 2.75) is 13.3 Å². The van der Waals surface area contributed by atoms with Gasteiger partial charge in [0.15, 0.2) is 6.54 Å². The number of quaternary nitrogens is 1. The maximum Gasteiger partial charge on any atom is 0.275 e. The fourth-order valence-corrected chi connectivity index (χ4v) is 4.01. The first-order valence-corrected chi connectivity index (χ1v) is 10.1. The van der Waals surface area contributed by atoms with Crippen LogP contribution in [-0.4, -0.2) is 45.2 Å². The largest absolute Gasteiger partial charge is 0.360 e. The Morgan fingerprint density at radius 2 is 1.89 bits per heavy atom. The molecule has 6 heteroatoms. The number of nitrogens with zero attached hydrogens (tertiary/aromatic N) is 1. The van der Waals surface area contributed by atoms with Crippen molar-refractivity contribution in [3.8, 4) is 0 Å². The molecule has 0 unspecified atom stereocenters. The topological polar surface area (TPSA) is 36.8 Å². The first-order valence-electron chi connectivity index (χ1n) is 9.37. The van der Waals surface area contributed by atoms with Crippen molar-refractivity contribution in [3.63, 3.8) is 0 Å². The second-order valence-corrected chi connectivity index (χ2v) is 7.88. The van der Waals surface area contributed by atoms with Gasteiger partial charge in [-0.1, -0.05) is 47.5 Å². The van der Waals surface area contributed by atoms with Crippen LogP contribution in [-0.2, 0) is 11.2 Å². The molecule has 1 saturated heterocycles. The number of halogens is 2. The van der Waals surface area contributed by atoms with Crippen LogP contribution in [0.1, 0.15) is 11.1 Å². The molecule has 1 aliphatic heterocycles. The number of carbonyl (C=O) groups is 1. The first kappa shape index (κ1) is 20.0. The van der Waals surface area contributed by atoms with E-state index < -0.39 is 0 Å². The standard InChI is InChI=1S/C21H25Cl2N3O/c1-16-4-2-3-5-20(16)26-12-10-25(11-13-26)15-21(27)24-9-8-17-6-7-18(22)14-19(17)23/h2-7,14H,8-13,15H2,1H3,(H,24,27)/p+1. The number of hydrogen-bond donors (Lipinski definition) is 2. The Labute approximate surface area is 171 Å². The third-order valence-electron chi connectivity index (χ3n) is 5.07. The fraction of sp³-hybridized carbons (Fsp3) is 0.381. The third kappa shape index (κ3) is 5.61. The van der Waals surface area contributed by atoms with Gasteiger partial charge in [-0.05, 0) is 42.7 Å². The summed E-state index contributed by atoms with van der Waals surface area (Å²) < 4.78 is 0. The summed E-state index contributed by atoms with van der Waals surface area (Å²) in [5.74, 6) is 0.0967. The number of anilines is 1. The molecule has 144 valence electrons. The zero-order chi connectivity index (χ0) is 19.2. The summed E-state index contributed by atoms with van der Waals surface area (Å²) in [6.45, 7) is 7.17. The monoisotopic (exact) mass is 406 g/mol. The lowest BCUT2D eigenvalue weighted by atomic mass is 10.1. The van der Waals surface area contributed by atoms with Crippen LogP contribution in [0.25, 0.3) is 0 Å². The van der Waals surface area contributed by atoms with Gasteiger partial charge in [-0.2, -0.15) is 0 Å². The highest BCUT2D eigenvalue weighted by Gasteiger charge is 2.22. The summed E-state index contributed by atoms with van der Waals surface area (Å²) in [4.78, 5) is 16.0. The lowest BCUT2D eigenvalue weighted by Gasteiger charge is -2.34. The van der Waals surface area contributed by atoms with E-state index in [4.69, 9.17) is 23.2 Å². The van der Waals surface area contributed by atoms with Gasteiger partial charge in [0.25, 0.3) is 5.91 Å². The Morgan fingerprint density at radius 3 is 2.59 bits per heavy atom. The lowest BCUT2D eigenvalue weighted by Crippen LogP contribution is -3.16. The number of para-hydroxylation sites is 1. The maximum atomic E-state index is 12.2. The molecule has 0 bridgehead atoms. The molecule has 1 aliphatic rings. The molecule has 0 spiro atoms. The second-order valence-electron chi connectivity index (χ2n) is 7.04. The zero-order valence-corrected chi connectivity index (χ0v) is 17.1. The van der Waals surface area contributed by atoms with Crippen molar-refractivity contribution < 1.29 is 9.69 Å². The van der Waals surface area contributed by atoms with Crippen LogP contribution < -0.4 is 15.1 Å². The van der Waals surface area contributed by atoms with Crippen LogP contribution in [0.15, 0.2) is 42.5 Å². The molecule has 1 heterocycles. The van der Waals surface area contributed by atoms with E-state index in [-0.39, 0.29) is 5.91 Å². The van der Waals surface area contributed by atoms with Crippen molar-refractivity contribution in [2.75, 3.05) is 44.2 Å². The summed E-state index contributed by atoms with van der Waals surface area (Å²) in [7, 11) is 0. The Kier molecular flexibility index (Phi) is 7.00. The number of piperazine rings is 1. The molecule has 2 aromatic carbocycles. The quantitative estimate of drug-likeness (QED) is 0.772. The fourth-order valence-electron chi connectivity index (χ4n) is 3.51. The first-order chi connectivity index (χ1) is 13.0. The Morgan fingerprint density at radius 1 is 1.15 bits per heavy atom. The van der Waals surface area contributed by atoms with E-state index in [2.05, 4.69) is 41.4 Å². The summed E-state index contributed by atoms with van der Waals surface area (Å²) in [5.41, 5.74) is 3.61. The maximum absolute atomic E-state index is 12.2. The Hall–Kier alpha value is -1.75. The molecule has 2 N–H and O–H groups in total. The normalized spacial score (nSPS) is 15.0. The molecular weight excluding hydrogens is 381 g/mol. The van der Waals surface area contributed by atoms with Crippen LogP contribution in [0.3, 0.4) is 0 Å². The van der Waals surface area contributed by atoms with Gasteiger partial charge in [-0.15, -0.1) is 0 Å². The van der Waals surface area contributed by atoms with Crippen molar-refractivity contribution in [3.05, 3.63) is 63.6 Å². The molecule has 0 atom stereocenters. The second kappa shape index (κ2) is 9.45. The molecule has 1 amide bonds. The minimum Gasteiger partial charge on any atom is -0.360 e. The van der Waals surface area contributed by atoms with E-state index in [9.17, 15) is 4.79 Å². The van der Waals surface area contributed by atoms with Crippen LogP contribution in [0, 0.1) is 6.92 Å². The van der Waals surface area contributed by atoms with Gasteiger partial charge in [0.1, 0.15) is 0 Å². The van der Waals surface area contributed by atoms with Crippen LogP contribution in [0.5, 0.6) is 0 Å². The molecule has 4 nitrogen and oxygen atoms in total. The Balaban J connectivity index is 1.40. The molecule has 0 radical (unpaired) electrons. The van der Waals surface area contributed by atoms with E-state index in [1.54, 1.807) is 6.07 Å². The van der Waals surface area contributed by atoms with E-state index in [1.807, 2.05) is 12.1 Å². The van der Waals surface area contributed by atoms with Gasteiger partial charge in [0.2, 0.25) is 0 Å². The average molecular weight is 407 g/mol. The number of rotatable bonds is 6. The number of hydrogen-bond acceptors (Lipinski definition) is 2. The lowest BCUT2D eigenvalue weighted by molar-refractivity contribution is -0.892. The number of nitrogens with one attached hydrogen (secondary N) is 2. The summed E-state index contributed by atoms with van der Waals surface area (Å²) >= 11 is 12.1. The van der Waals surface area contributed by atoms with E-state index >= 15 is 0 Å². The van der Waals surface area contributed by atoms with Crippen molar-refractivity contribution >= 4 is 34.8 Å². The molecule has 0 saturated carbocycles. The average Bonchev–Trinajstić information content (AvgIpc) is 2.65. The SMILES string of the molecule is Cc1ccccc1N1CC[NH+](CC(=O)NCCc2ccc(Cl)cc2Cl)CC1. The number of amides is 1. The predicted molar refractivity (Wildman–Crippen MR) is 112 cm³/mol. The molecular formula is C21H26Cl2N3O+. The van der Waals surface area contributed by atoms with E-state index in [0.29, 0.717) is 29.6 Å². The van der Waals surface area contributed by atoms with Gasteiger partial charge in [-0.25, -0.2) is 0 Å². The minimum atomic E-state index is 0.0967. The number of aryl methyl sites for hydroxylation is 1. The van der Waals surface area contributed by atoms with Crippen molar-refractivity contribution in [1.82, 2.24) is 5.32 Å². The summed E-state index contributed by atoms with van der Waals surface area (Å²) in [5, 5.41) is 4.28. The van der Waals surface area contributed by atoms with Gasteiger partial charge < -0.3 is 15.1 Å². The minimum absolute atomic E-state index is 0.0967. The highest BCUT2D eigenvalue weighted by molar-refractivity contribution is 6.35. The number of benzene rings is 2. The van der Waals surface area contributed by atoms with Crippen molar-refractivity contribution in [2.24, 2.45) is 0 Å². The van der Waals surface area contributed by atoms with Crippen LogP contribution in [0.2, 0.25) is 10.0 Å². The molecule has 0 aromatic heterocycles.